The molecule has 8 nitrogen and oxygen atoms in total. The van der Waals surface area contributed by atoms with Gasteiger partial charge in [-0.3, -0.25) is 19.4 Å². The van der Waals surface area contributed by atoms with E-state index in [4.69, 9.17) is 5.73 Å². The summed E-state index contributed by atoms with van der Waals surface area (Å²) in [5.41, 5.74) is 7.60. The van der Waals surface area contributed by atoms with Crippen molar-refractivity contribution in [1.82, 2.24) is 24.4 Å². The van der Waals surface area contributed by atoms with Crippen molar-refractivity contribution in [3.63, 3.8) is 0 Å². The van der Waals surface area contributed by atoms with Gasteiger partial charge in [-0.25, -0.2) is 9.50 Å². The third kappa shape index (κ3) is 1.92. The molecule has 0 spiro atoms. The minimum Gasteiger partial charge on any atom is -0.365 e. The van der Waals surface area contributed by atoms with Crippen LogP contribution in [0.1, 0.15) is 10.4 Å². The van der Waals surface area contributed by atoms with Crippen LogP contribution < -0.4 is 11.3 Å². The fourth-order valence-corrected chi connectivity index (χ4v) is 2.63. The van der Waals surface area contributed by atoms with Crippen LogP contribution in [0, 0.1) is 0 Å². The van der Waals surface area contributed by atoms with Crippen molar-refractivity contribution in [2.45, 2.75) is 0 Å². The van der Waals surface area contributed by atoms with Crippen LogP contribution in [0.2, 0.25) is 0 Å². The largest absolute Gasteiger partial charge is 0.365 e. The molecular formula is C15H12N6O2. The zero-order valence-corrected chi connectivity index (χ0v) is 12.1. The third-order valence-electron chi connectivity index (χ3n) is 3.81. The van der Waals surface area contributed by atoms with Gasteiger partial charge in [0, 0.05) is 30.3 Å². The summed E-state index contributed by atoms with van der Waals surface area (Å²) in [4.78, 5) is 28.1. The Morgan fingerprint density at radius 2 is 2.13 bits per heavy atom. The van der Waals surface area contributed by atoms with Crippen molar-refractivity contribution in [3.05, 3.63) is 52.6 Å². The van der Waals surface area contributed by atoms with E-state index in [2.05, 4.69) is 15.2 Å². The van der Waals surface area contributed by atoms with Crippen molar-refractivity contribution >= 4 is 22.5 Å². The molecule has 0 radical (unpaired) electrons. The van der Waals surface area contributed by atoms with E-state index in [0.29, 0.717) is 5.69 Å². The topological polar surface area (TPSA) is 111 Å². The van der Waals surface area contributed by atoms with E-state index in [1.54, 1.807) is 10.9 Å². The Bertz CT molecular complexity index is 1130. The highest BCUT2D eigenvalue weighted by molar-refractivity contribution is 5.98. The lowest BCUT2D eigenvalue weighted by Gasteiger charge is -2.03. The van der Waals surface area contributed by atoms with Crippen LogP contribution in [0.4, 0.5) is 0 Å². The highest BCUT2D eigenvalue weighted by atomic mass is 16.1. The van der Waals surface area contributed by atoms with Gasteiger partial charge in [0.25, 0.3) is 11.5 Å². The maximum Gasteiger partial charge on any atom is 0.273 e. The van der Waals surface area contributed by atoms with Crippen molar-refractivity contribution in [1.29, 1.82) is 0 Å². The summed E-state index contributed by atoms with van der Waals surface area (Å²) in [5, 5.41) is 7.81. The van der Waals surface area contributed by atoms with Gasteiger partial charge < -0.3 is 5.73 Å². The maximum atomic E-state index is 12.2. The minimum absolute atomic E-state index is 0.173. The Kier molecular flexibility index (Phi) is 2.61. The lowest BCUT2D eigenvalue weighted by molar-refractivity contribution is 0.100. The maximum absolute atomic E-state index is 12.2. The highest BCUT2D eigenvalue weighted by Gasteiger charge is 2.14. The molecule has 1 amide bonds. The number of rotatable bonds is 2. The smallest absolute Gasteiger partial charge is 0.273 e. The molecule has 0 aliphatic rings. The molecule has 0 fully saturated rings. The molecule has 0 saturated heterocycles. The first-order valence-corrected chi connectivity index (χ1v) is 6.88. The molecule has 114 valence electrons. The summed E-state index contributed by atoms with van der Waals surface area (Å²) in [5.74, 6) is -0.643. The minimum atomic E-state index is -0.643. The van der Waals surface area contributed by atoms with E-state index in [-0.39, 0.29) is 16.8 Å². The second kappa shape index (κ2) is 4.54. The number of amides is 1. The van der Waals surface area contributed by atoms with Gasteiger partial charge in [0.15, 0.2) is 5.65 Å². The Morgan fingerprint density at radius 3 is 2.91 bits per heavy atom. The van der Waals surface area contributed by atoms with E-state index in [0.717, 1.165) is 16.5 Å². The SMILES string of the molecule is Cn1ncc2cc(-c3cc(=O)n4[nH]cc(C(N)=O)c4n3)ccc21. The highest BCUT2D eigenvalue weighted by Crippen LogP contribution is 2.22. The Hall–Kier alpha value is -3.42. The Labute approximate surface area is 129 Å². The number of aryl methyl sites for hydroxylation is 1. The van der Waals surface area contributed by atoms with Gasteiger partial charge >= 0.3 is 0 Å². The van der Waals surface area contributed by atoms with Gasteiger partial charge in [0.1, 0.15) is 5.56 Å². The fraction of sp³-hybridized carbons (Fsp3) is 0.0667. The Balaban J connectivity index is 1.98. The molecule has 1 aromatic carbocycles. The van der Waals surface area contributed by atoms with Crippen LogP contribution in [-0.4, -0.2) is 30.3 Å². The average Bonchev–Trinajstić information content (AvgIpc) is 3.11. The number of H-pyrrole nitrogens is 1. The van der Waals surface area contributed by atoms with E-state index >= 15 is 0 Å². The van der Waals surface area contributed by atoms with Crippen molar-refractivity contribution in [2.24, 2.45) is 12.8 Å². The fourth-order valence-electron chi connectivity index (χ4n) is 2.63. The number of fused-ring (bicyclic) bond motifs is 2. The van der Waals surface area contributed by atoms with Gasteiger partial charge in [-0.2, -0.15) is 5.10 Å². The van der Waals surface area contributed by atoms with Gasteiger partial charge in [0.2, 0.25) is 0 Å². The van der Waals surface area contributed by atoms with Crippen molar-refractivity contribution in [2.75, 3.05) is 0 Å². The first-order valence-electron chi connectivity index (χ1n) is 6.88. The van der Waals surface area contributed by atoms with Gasteiger partial charge in [-0.1, -0.05) is 6.07 Å². The molecule has 4 rings (SSSR count). The number of hydrogen-bond donors (Lipinski definition) is 2. The number of hydrogen-bond acceptors (Lipinski definition) is 4. The summed E-state index contributed by atoms with van der Waals surface area (Å²) in [6, 6.07) is 7.08. The predicted octanol–water partition coefficient (Wildman–Crippen LogP) is 0.675. The summed E-state index contributed by atoms with van der Waals surface area (Å²) in [6.45, 7) is 0. The zero-order valence-electron chi connectivity index (χ0n) is 12.1. The van der Waals surface area contributed by atoms with Crippen LogP contribution in [0.25, 0.3) is 27.8 Å². The molecule has 0 aliphatic heterocycles. The lowest BCUT2D eigenvalue weighted by atomic mass is 10.1. The summed E-state index contributed by atoms with van der Waals surface area (Å²) in [6.07, 6.45) is 3.12. The number of aromatic nitrogens is 5. The van der Waals surface area contributed by atoms with E-state index in [1.165, 1.54) is 16.8 Å². The summed E-state index contributed by atoms with van der Waals surface area (Å²) in [7, 11) is 1.86. The molecule has 23 heavy (non-hydrogen) atoms. The normalized spacial score (nSPS) is 11.3. The standard InChI is InChI=1S/C15H12N6O2/c1-20-12-3-2-8(4-9(12)6-17-20)11-5-13(22)21-15(19-11)10(7-18-21)14(16)23/h2-7,18H,1H3,(H2,16,23). The van der Waals surface area contributed by atoms with E-state index in [1.807, 2.05) is 25.2 Å². The Morgan fingerprint density at radius 1 is 1.30 bits per heavy atom. The number of primary amides is 1. The molecule has 8 heteroatoms. The van der Waals surface area contributed by atoms with Gasteiger partial charge in [-0.05, 0) is 12.1 Å². The molecule has 4 aromatic rings. The molecular weight excluding hydrogens is 296 g/mol. The predicted molar refractivity (Wildman–Crippen MR) is 84.0 cm³/mol. The average molecular weight is 308 g/mol. The molecule has 0 bridgehead atoms. The van der Waals surface area contributed by atoms with Crippen molar-refractivity contribution < 1.29 is 4.79 Å². The van der Waals surface area contributed by atoms with Crippen LogP contribution in [0.15, 0.2) is 41.5 Å². The van der Waals surface area contributed by atoms with Crippen molar-refractivity contribution in [3.8, 4) is 11.3 Å². The van der Waals surface area contributed by atoms with Gasteiger partial charge in [0.05, 0.1) is 17.4 Å². The number of nitrogens with two attached hydrogens (primary N) is 1. The lowest BCUT2D eigenvalue weighted by Crippen LogP contribution is -2.16. The number of aromatic amines is 1. The number of nitrogens with zero attached hydrogens (tertiary/aromatic N) is 4. The number of carbonyl (C=O) groups excluding carboxylic acids is 1. The van der Waals surface area contributed by atoms with Gasteiger partial charge in [-0.15, -0.1) is 0 Å². The first kappa shape index (κ1) is 13.3. The van der Waals surface area contributed by atoms with Crippen LogP contribution in [0.3, 0.4) is 0 Å². The van der Waals surface area contributed by atoms with E-state index < -0.39 is 5.91 Å². The molecule has 0 saturated carbocycles. The summed E-state index contributed by atoms with van der Waals surface area (Å²) >= 11 is 0. The quantitative estimate of drug-likeness (QED) is 0.567. The molecule has 0 atom stereocenters. The summed E-state index contributed by atoms with van der Waals surface area (Å²) < 4.78 is 2.95. The molecule has 3 N–H and O–H groups in total. The molecule has 3 aromatic heterocycles. The van der Waals surface area contributed by atoms with Crippen LogP contribution in [-0.2, 0) is 7.05 Å². The zero-order chi connectivity index (χ0) is 16.1. The second-order valence-electron chi connectivity index (χ2n) is 5.23. The second-order valence-corrected chi connectivity index (χ2v) is 5.23. The van der Waals surface area contributed by atoms with Crippen LogP contribution in [0.5, 0.6) is 0 Å². The van der Waals surface area contributed by atoms with Crippen LogP contribution >= 0.6 is 0 Å². The number of benzene rings is 1. The first-order chi connectivity index (χ1) is 11.0. The molecule has 0 unspecified atom stereocenters. The van der Waals surface area contributed by atoms with E-state index in [9.17, 15) is 9.59 Å². The number of nitrogens with one attached hydrogen (secondary N) is 1. The number of carbonyl (C=O) groups is 1. The molecule has 0 aliphatic carbocycles. The monoisotopic (exact) mass is 308 g/mol. The third-order valence-corrected chi connectivity index (χ3v) is 3.81. The molecule has 3 heterocycles.